The number of hydrogen-bond donors (Lipinski definition) is 1. The van der Waals surface area contributed by atoms with Crippen LogP contribution in [0.15, 0.2) is 34.8 Å². The summed E-state index contributed by atoms with van der Waals surface area (Å²) in [5.41, 5.74) is 6.88. The molecule has 1 aliphatic rings. The minimum atomic E-state index is 0.0425. The maximum atomic E-state index is 12.0. The number of likely N-dealkylation sites (tertiary alicyclic amines) is 1. The van der Waals surface area contributed by atoms with Crippen molar-refractivity contribution in [2.24, 2.45) is 5.73 Å². The van der Waals surface area contributed by atoms with Crippen LogP contribution in [0.25, 0.3) is 6.08 Å². The number of carbonyl (C=O) groups excluding carboxylic acids is 1. The molecule has 0 radical (unpaired) electrons. The first kappa shape index (κ1) is 13.3. The summed E-state index contributed by atoms with van der Waals surface area (Å²) in [6, 6.07) is 7.95. The average Bonchev–Trinajstić information content (AvgIpc) is 2.37. The monoisotopic (exact) mass is 308 g/mol. The average molecular weight is 309 g/mol. The van der Waals surface area contributed by atoms with Crippen LogP contribution in [0.4, 0.5) is 0 Å². The second-order valence-corrected chi connectivity index (χ2v) is 5.40. The van der Waals surface area contributed by atoms with Gasteiger partial charge in [0, 0.05) is 29.7 Å². The van der Waals surface area contributed by atoms with Gasteiger partial charge in [-0.25, -0.2) is 0 Å². The molecule has 1 aromatic carbocycles. The lowest BCUT2D eigenvalue weighted by molar-refractivity contribution is -0.127. The van der Waals surface area contributed by atoms with E-state index in [1.807, 2.05) is 35.2 Å². The number of piperidine rings is 1. The van der Waals surface area contributed by atoms with Gasteiger partial charge in [-0.2, -0.15) is 0 Å². The molecule has 0 saturated carbocycles. The van der Waals surface area contributed by atoms with Gasteiger partial charge in [-0.3, -0.25) is 4.79 Å². The van der Waals surface area contributed by atoms with E-state index in [9.17, 15) is 4.79 Å². The molecule has 1 aromatic rings. The Hall–Kier alpha value is -1.13. The second kappa shape index (κ2) is 6.16. The van der Waals surface area contributed by atoms with E-state index >= 15 is 0 Å². The van der Waals surface area contributed by atoms with Crippen molar-refractivity contribution >= 4 is 27.9 Å². The van der Waals surface area contributed by atoms with Crippen molar-refractivity contribution in [3.8, 4) is 0 Å². The zero-order chi connectivity index (χ0) is 13.0. The van der Waals surface area contributed by atoms with Crippen molar-refractivity contribution in [2.45, 2.75) is 18.9 Å². The van der Waals surface area contributed by atoms with Gasteiger partial charge in [0.05, 0.1) is 0 Å². The Labute approximate surface area is 116 Å². The van der Waals surface area contributed by atoms with Crippen molar-refractivity contribution in [3.05, 3.63) is 40.4 Å². The highest BCUT2D eigenvalue weighted by Crippen LogP contribution is 2.17. The number of nitrogens with zero attached hydrogens (tertiary/aromatic N) is 1. The zero-order valence-corrected chi connectivity index (χ0v) is 11.8. The number of nitrogens with two attached hydrogens (primary N) is 1. The molecule has 0 spiro atoms. The van der Waals surface area contributed by atoms with Crippen LogP contribution >= 0.6 is 15.9 Å². The number of hydrogen-bond acceptors (Lipinski definition) is 2. The van der Waals surface area contributed by atoms with Crippen molar-refractivity contribution in [1.29, 1.82) is 0 Å². The molecule has 3 nitrogen and oxygen atoms in total. The summed E-state index contributed by atoms with van der Waals surface area (Å²) in [4.78, 5) is 13.8. The van der Waals surface area contributed by atoms with E-state index in [1.165, 1.54) is 0 Å². The van der Waals surface area contributed by atoms with Crippen LogP contribution in [0.5, 0.6) is 0 Å². The summed E-state index contributed by atoms with van der Waals surface area (Å²) in [5, 5.41) is 0. The normalized spacial score (nSPS) is 20.3. The van der Waals surface area contributed by atoms with Crippen LogP contribution in [0, 0.1) is 0 Å². The second-order valence-electron chi connectivity index (χ2n) is 4.54. The van der Waals surface area contributed by atoms with Crippen molar-refractivity contribution in [1.82, 2.24) is 4.90 Å². The summed E-state index contributed by atoms with van der Waals surface area (Å²) in [6.45, 7) is 1.48. The van der Waals surface area contributed by atoms with Crippen molar-refractivity contribution < 1.29 is 4.79 Å². The van der Waals surface area contributed by atoms with Gasteiger partial charge in [0.2, 0.25) is 5.91 Å². The highest BCUT2D eigenvalue weighted by molar-refractivity contribution is 9.10. The van der Waals surface area contributed by atoms with Crippen molar-refractivity contribution in [3.63, 3.8) is 0 Å². The lowest BCUT2D eigenvalue weighted by Gasteiger charge is -2.29. The molecule has 18 heavy (non-hydrogen) atoms. The van der Waals surface area contributed by atoms with Crippen LogP contribution in [0.1, 0.15) is 18.4 Å². The van der Waals surface area contributed by atoms with Gasteiger partial charge in [-0.15, -0.1) is 0 Å². The van der Waals surface area contributed by atoms with E-state index in [4.69, 9.17) is 5.73 Å². The predicted octanol–water partition coefficient (Wildman–Crippen LogP) is 2.41. The topological polar surface area (TPSA) is 46.3 Å². The first-order valence-corrected chi connectivity index (χ1v) is 6.93. The Morgan fingerprint density at radius 2 is 2.22 bits per heavy atom. The Morgan fingerprint density at radius 1 is 1.44 bits per heavy atom. The molecular formula is C14H17BrN2O. The molecule has 1 saturated heterocycles. The minimum absolute atomic E-state index is 0.0425. The van der Waals surface area contributed by atoms with Gasteiger partial charge in [0.15, 0.2) is 0 Å². The fourth-order valence-electron chi connectivity index (χ4n) is 2.09. The highest BCUT2D eigenvalue weighted by Gasteiger charge is 2.19. The van der Waals surface area contributed by atoms with Crippen LogP contribution in [0.3, 0.4) is 0 Å². The lowest BCUT2D eigenvalue weighted by Crippen LogP contribution is -2.45. The van der Waals surface area contributed by atoms with Crippen LogP contribution < -0.4 is 5.73 Å². The maximum Gasteiger partial charge on any atom is 0.246 e. The first-order chi connectivity index (χ1) is 8.66. The van der Waals surface area contributed by atoms with Gasteiger partial charge in [0.25, 0.3) is 0 Å². The Balaban J connectivity index is 2.01. The summed E-state index contributed by atoms with van der Waals surface area (Å²) in [6.07, 6.45) is 5.47. The molecule has 4 heteroatoms. The highest BCUT2D eigenvalue weighted by atomic mass is 79.9. The van der Waals surface area contributed by atoms with Gasteiger partial charge in [-0.05, 0) is 30.5 Å². The molecule has 1 atom stereocenters. The minimum Gasteiger partial charge on any atom is -0.338 e. The Kier molecular flexibility index (Phi) is 4.55. The Bertz CT molecular complexity index is 459. The molecule has 1 fully saturated rings. The molecule has 1 aliphatic heterocycles. The quantitative estimate of drug-likeness (QED) is 0.853. The molecule has 0 aromatic heterocycles. The Morgan fingerprint density at radius 3 is 2.94 bits per heavy atom. The fraction of sp³-hybridized carbons (Fsp3) is 0.357. The molecule has 2 rings (SSSR count). The largest absolute Gasteiger partial charge is 0.338 e. The smallest absolute Gasteiger partial charge is 0.246 e. The third-order valence-corrected chi connectivity index (χ3v) is 3.80. The lowest BCUT2D eigenvalue weighted by atomic mass is 10.1. The molecule has 1 amide bonds. The zero-order valence-electron chi connectivity index (χ0n) is 10.2. The molecule has 2 N–H and O–H groups in total. The molecule has 96 valence electrons. The van der Waals surface area contributed by atoms with Gasteiger partial charge < -0.3 is 10.6 Å². The number of benzene rings is 1. The number of carbonyl (C=O) groups is 1. The molecular weight excluding hydrogens is 292 g/mol. The van der Waals surface area contributed by atoms with E-state index in [0.29, 0.717) is 6.54 Å². The standard InChI is InChI=1S/C14H17BrN2O/c15-13-6-2-1-4-11(13)7-8-14(18)17-9-3-5-12(16)10-17/h1-2,4,6-8,12H,3,5,9-10,16H2/b8-7+. The van der Waals surface area contributed by atoms with E-state index < -0.39 is 0 Å². The molecule has 1 unspecified atom stereocenters. The summed E-state index contributed by atoms with van der Waals surface area (Å²) in [5.74, 6) is 0.0425. The van der Waals surface area contributed by atoms with E-state index in [1.54, 1.807) is 6.08 Å². The van der Waals surface area contributed by atoms with Crippen LogP contribution in [0.2, 0.25) is 0 Å². The number of halogens is 1. The van der Waals surface area contributed by atoms with Crippen LogP contribution in [-0.4, -0.2) is 29.9 Å². The van der Waals surface area contributed by atoms with Gasteiger partial charge in [-0.1, -0.05) is 34.1 Å². The van der Waals surface area contributed by atoms with E-state index in [-0.39, 0.29) is 11.9 Å². The summed E-state index contributed by atoms with van der Waals surface area (Å²) < 4.78 is 0.990. The third-order valence-electron chi connectivity index (χ3n) is 3.08. The fourth-order valence-corrected chi connectivity index (χ4v) is 2.50. The number of amides is 1. The maximum absolute atomic E-state index is 12.0. The van der Waals surface area contributed by atoms with Crippen LogP contribution in [-0.2, 0) is 4.79 Å². The SMILES string of the molecule is NC1CCCN(C(=O)/C=C/c2ccccc2Br)C1. The molecule has 0 aliphatic carbocycles. The van der Waals surface area contributed by atoms with Gasteiger partial charge in [0.1, 0.15) is 0 Å². The van der Waals surface area contributed by atoms with E-state index in [2.05, 4.69) is 15.9 Å². The first-order valence-electron chi connectivity index (χ1n) is 6.14. The van der Waals surface area contributed by atoms with Gasteiger partial charge >= 0.3 is 0 Å². The van der Waals surface area contributed by atoms with E-state index in [0.717, 1.165) is 29.4 Å². The predicted molar refractivity (Wildman–Crippen MR) is 77.0 cm³/mol. The summed E-state index contributed by atoms with van der Waals surface area (Å²) >= 11 is 3.46. The molecule has 0 bridgehead atoms. The summed E-state index contributed by atoms with van der Waals surface area (Å²) in [7, 11) is 0. The third kappa shape index (κ3) is 3.43. The molecule has 1 heterocycles. The van der Waals surface area contributed by atoms with Crippen molar-refractivity contribution in [2.75, 3.05) is 13.1 Å². The number of rotatable bonds is 2.